The summed E-state index contributed by atoms with van der Waals surface area (Å²) in [6.07, 6.45) is 6.40. The van der Waals surface area contributed by atoms with Crippen LogP contribution in [0.4, 0.5) is 17.8 Å². The predicted octanol–water partition coefficient (Wildman–Crippen LogP) is 1.12. The Bertz CT molecular complexity index is 869. The molecular weight excluding hydrogens is 404 g/mol. The zero-order valence-electron chi connectivity index (χ0n) is 19.2. The molecule has 3 aliphatic heterocycles. The van der Waals surface area contributed by atoms with Crippen LogP contribution in [0.1, 0.15) is 46.0 Å². The first-order valence-corrected chi connectivity index (χ1v) is 11.8. The monoisotopic (exact) mass is 440 g/mol. The molecule has 4 rings (SSSR count). The molecule has 5 N–H and O–H groups in total. The number of anilines is 3. The minimum Gasteiger partial charge on any atom is -0.338 e. The number of hydrogen-bond donors (Lipinski definition) is 3. The molecule has 3 saturated heterocycles. The largest absolute Gasteiger partial charge is 0.338 e. The zero-order chi connectivity index (χ0) is 22.9. The van der Waals surface area contributed by atoms with Crippen LogP contribution in [0.2, 0.25) is 0 Å². The summed E-state index contributed by atoms with van der Waals surface area (Å²) in [5.74, 6) is 1.72. The van der Waals surface area contributed by atoms with Crippen molar-refractivity contribution < 1.29 is 0 Å². The number of nitrogens with two attached hydrogens (primary N) is 2. The van der Waals surface area contributed by atoms with Crippen molar-refractivity contribution in [3.05, 3.63) is 0 Å². The summed E-state index contributed by atoms with van der Waals surface area (Å²) in [6.45, 7) is 7.67. The third-order valence-electron chi connectivity index (χ3n) is 6.97. The minimum absolute atomic E-state index is 0.0562. The molecule has 10 nitrogen and oxygen atoms in total. The molecular formula is C22H36N10. The van der Waals surface area contributed by atoms with Gasteiger partial charge in [0.2, 0.25) is 17.8 Å². The number of hydrogen-bond acceptors (Lipinski definition) is 10. The summed E-state index contributed by atoms with van der Waals surface area (Å²) in [5.41, 5.74) is 12.3. The molecule has 0 bridgehead atoms. The van der Waals surface area contributed by atoms with Crippen molar-refractivity contribution in [1.82, 2.24) is 15.0 Å². The normalized spacial score (nSPS) is 33.7. The number of rotatable bonds is 4. The Balaban J connectivity index is 1.72. The topological polar surface area (TPSA) is 148 Å². The molecule has 1 aromatic rings. The highest BCUT2D eigenvalue weighted by Crippen LogP contribution is 2.32. The average molecular weight is 441 g/mol. The van der Waals surface area contributed by atoms with E-state index in [0.717, 1.165) is 25.8 Å². The lowest BCUT2D eigenvalue weighted by Crippen LogP contribution is -2.53. The van der Waals surface area contributed by atoms with Crippen LogP contribution in [0.25, 0.3) is 0 Å². The van der Waals surface area contributed by atoms with Crippen LogP contribution >= 0.6 is 0 Å². The first-order valence-electron chi connectivity index (χ1n) is 11.8. The summed E-state index contributed by atoms with van der Waals surface area (Å²) in [4.78, 5) is 21.0. The van der Waals surface area contributed by atoms with Crippen molar-refractivity contribution in [2.24, 2.45) is 22.8 Å². The molecule has 0 radical (unpaired) electrons. The average Bonchev–Trinajstić information content (AvgIpc) is 2.78. The van der Waals surface area contributed by atoms with E-state index >= 15 is 0 Å². The van der Waals surface area contributed by atoms with Gasteiger partial charge < -0.3 is 31.6 Å². The molecule has 32 heavy (non-hydrogen) atoms. The van der Waals surface area contributed by atoms with E-state index in [-0.39, 0.29) is 23.4 Å². The SMILES string of the molecule is CC1CCCCN1c1nc(N2C[C@H](N)C[C@H](C#N)C2)nc(N2C[C@H](N)C[C@](C)(C=N)C2)n1. The molecule has 174 valence electrons. The number of nitrogens with one attached hydrogen (secondary N) is 1. The summed E-state index contributed by atoms with van der Waals surface area (Å²) < 4.78 is 0. The summed E-state index contributed by atoms with van der Waals surface area (Å²) in [6, 6.07) is 2.58. The lowest BCUT2D eigenvalue weighted by Gasteiger charge is -2.42. The Hall–Kier alpha value is -2.51. The molecule has 0 aliphatic carbocycles. The Labute approximate surface area is 190 Å². The van der Waals surface area contributed by atoms with E-state index in [1.165, 1.54) is 12.6 Å². The quantitative estimate of drug-likeness (QED) is 0.586. The number of nitriles is 1. The van der Waals surface area contributed by atoms with Gasteiger partial charge in [0, 0.05) is 62.5 Å². The van der Waals surface area contributed by atoms with Gasteiger partial charge in [-0.15, -0.1) is 0 Å². The van der Waals surface area contributed by atoms with Crippen LogP contribution in [0.5, 0.6) is 0 Å². The highest BCUT2D eigenvalue weighted by Gasteiger charge is 2.36. The van der Waals surface area contributed by atoms with Gasteiger partial charge in [0.05, 0.1) is 12.0 Å². The fourth-order valence-electron chi connectivity index (χ4n) is 5.31. The van der Waals surface area contributed by atoms with E-state index in [4.69, 9.17) is 31.8 Å². The van der Waals surface area contributed by atoms with Crippen molar-refractivity contribution in [1.29, 1.82) is 10.7 Å². The van der Waals surface area contributed by atoms with Crippen LogP contribution < -0.4 is 26.2 Å². The maximum Gasteiger partial charge on any atom is 0.232 e. The Kier molecular flexibility index (Phi) is 6.49. The van der Waals surface area contributed by atoms with E-state index in [9.17, 15) is 5.26 Å². The molecule has 3 fully saturated rings. The van der Waals surface area contributed by atoms with Gasteiger partial charge in [0.25, 0.3) is 0 Å². The Morgan fingerprint density at radius 2 is 1.75 bits per heavy atom. The molecule has 5 atom stereocenters. The molecule has 4 heterocycles. The standard InChI is InChI=1S/C22H36N10/c1-15-5-3-4-6-32(15)21-28-19(30-10-16(9-23)7-17(25)11-30)27-20(29-21)31-12-18(26)8-22(2,13-24)14-31/h13,15-18,24H,3-8,10-12,14,25-26H2,1-2H3/t15?,16-,17-,18-,22-/m1/s1. The molecule has 0 aromatic carbocycles. The summed E-state index contributed by atoms with van der Waals surface area (Å²) in [7, 11) is 0. The van der Waals surface area contributed by atoms with Crippen molar-refractivity contribution in [3.63, 3.8) is 0 Å². The first kappa shape index (κ1) is 22.7. The molecule has 0 spiro atoms. The van der Waals surface area contributed by atoms with Crippen molar-refractivity contribution in [2.45, 2.75) is 64.1 Å². The third-order valence-corrected chi connectivity index (χ3v) is 6.97. The second kappa shape index (κ2) is 9.16. The Morgan fingerprint density at radius 1 is 1.06 bits per heavy atom. The van der Waals surface area contributed by atoms with Gasteiger partial charge in [0.1, 0.15) is 0 Å². The maximum atomic E-state index is 9.50. The number of piperidine rings is 3. The van der Waals surface area contributed by atoms with E-state index in [1.807, 2.05) is 4.90 Å². The van der Waals surface area contributed by atoms with Crippen molar-refractivity contribution >= 4 is 24.1 Å². The lowest BCUT2D eigenvalue weighted by molar-refractivity contribution is 0.336. The highest BCUT2D eigenvalue weighted by atomic mass is 15.4. The van der Waals surface area contributed by atoms with E-state index < -0.39 is 0 Å². The first-order chi connectivity index (χ1) is 15.3. The van der Waals surface area contributed by atoms with Gasteiger partial charge in [0.15, 0.2) is 0 Å². The summed E-state index contributed by atoms with van der Waals surface area (Å²) in [5, 5.41) is 17.4. The lowest BCUT2D eigenvalue weighted by atomic mass is 9.81. The number of aromatic nitrogens is 3. The van der Waals surface area contributed by atoms with Crippen LogP contribution in [-0.4, -0.2) is 72.0 Å². The molecule has 10 heteroatoms. The fraction of sp³-hybridized carbons (Fsp3) is 0.773. The van der Waals surface area contributed by atoms with Crippen LogP contribution in [0, 0.1) is 28.1 Å². The molecule has 1 unspecified atom stereocenters. The van der Waals surface area contributed by atoms with E-state index in [1.54, 1.807) is 0 Å². The summed E-state index contributed by atoms with van der Waals surface area (Å²) >= 11 is 0. The molecule has 0 amide bonds. The second-order valence-corrected chi connectivity index (χ2v) is 10.1. The minimum atomic E-state index is -0.317. The second-order valence-electron chi connectivity index (χ2n) is 10.1. The van der Waals surface area contributed by atoms with Crippen LogP contribution in [-0.2, 0) is 0 Å². The smallest absolute Gasteiger partial charge is 0.232 e. The highest BCUT2D eigenvalue weighted by molar-refractivity contribution is 5.64. The fourth-order valence-corrected chi connectivity index (χ4v) is 5.31. The van der Waals surface area contributed by atoms with Crippen molar-refractivity contribution in [3.8, 4) is 6.07 Å². The van der Waals surface area contributed by atoms with Gasteiger partial charge in [-0.1, -0.05) is 6.92 Å². The van der Waals surface area contributed by atoms with Crippen LogP contribution in [0.15, 0.2) is 0 Å². The van der Waals surface area contributed by atoms with Crippen molar-refractivity contribution in [2.75, 3.05) is 47.4 Å². The van der Waals surface area contributed by atoms with Gasteiger partial charge in [-0.05, 0) is 39.0 Å². The molecule has 3 aliphatic rings. The number of nitrogens with zero attached hydrogens (tertiary/aromatic N) is 7. The maximum absolute atomic E-state index is 9.50. The predicted molar refractivity (Wildman–Crippen MR) is 126 cm³/mol. The van der Waals surface area contributed by atoms with Gasteiger partial charge in [-0.25, -0.2) is 0 Å². The third kappa shape index (κ3) is 4.79. The molecule has 0 saturated carbocycles. The van der Waals surface area contributed by atoms with Crippen LogP contribution in [0.3, 0.4) is 0 Å². The van der Waals surface area contributed by atoms with Gasteiger partial charge in [-0.3, -0.25) is 0 Å². The van der Waals surface area contributed by atoms with Gasteiger partial charge >= 0.3 is 0 Å². The Morgan fingerprint density at radius 3 is 2.44 bits per heavy atom. The van der Waals surface area contributed by atoms with Gasteiger partial charge in [-0.2, -0.15) is 20.2 Å². The zero-order valence-corrected chi connectivity index (χ0v) is 19.2. The molecule has 1 aromatic heterocycles. The van der Waals surface area contributed by atoms with E-state index in [2.05, 4.69) is 29.7 Å². The van der Waals surface area contributed by atoms with E-state index in [0.29, 0.717) is 56.5 Å².